The third kappa shape index (κ3) is 2.92. The second kappa shape index (κ2) is 6.49. The normalized spacial score (nSPS) is 14.1. The zero-order valence-electron chi connectivity index (χ0n) is 13.2. The first-order valence-electron chi connectivity index (χ1n) is 8.06. The third-order valence-corrected chi connectivity index (χ3v) is 5.10. The van der Waals surface area contributed by atoms with E-state index in [0.29, 0.717) is 5.69 Å². The molecule has 6 heteroatoms. The average molecular weight is 338 g/mol. The topological polar surface area (TPSA) is 61.0 Å². The van der Waals surface area contributed by atoms with Gasteiger partial charge in [-0.05, 0) is 42.5 Å². The SMILES string of the molecule is O=C(Nc1ccccc1N1CCCC1)c1cc(-c2cccs2)[nH]n1. The number of para-hydroxylation sites is 2. The van der Waals surface area contributed by atoms with E-state index in [1.165, 1.54) is 12.8 Å². The number of aromatic amines is 1. The number of hydrogen-bond acceptors (Lipinski definition) is 4. The minimum Gasteiger partial charge on any atom is -0.370 e. The molecular weight excluding hydrogens is 320 g/mol. The molecule has 24 heavy (non-hydrogen) atoms. The molecule has 2 N–H and O–H groups in total. The van der Waals surface area contributed by atoms with Crippen LogP contribution in [-0.2, 0) is 0 Å². The Kier molecular flexibility index (Phi) is 4.04. The van der Waals surface area contributed by atoms with Crippen molar-refractivity contribution in [1.82, 2.24) is 10.2 Å². The Labute approximate surface area is 144 Å². The van der Waals surface area contributed by atoms with Crippen LogP contribution in [0.25, 0.3) is 10.6 Å². The highest BCUT2D eigenvalue weighted by atomic mass is 32.1. The van der Waals surface area contributed by atoms with E-state index in [1.807, 2.05) is 35.7 Å². The number of thiophene rings is 1. The molecule has 0 unspecified atom stereocenters. The summed E-state index contributed by atoms with van der Waals surface area (Å²) in [5, 5.41) is 12.1. The lowest BCUT2D eigenvalue weighted by Crippen LogP contribution is -2.21. The minimum atomic E-state index is -0.194. The van der Waals surface area contributed by atoms with Crippen molar-refractivity contribution >= 4 is 28.6 Å². The average Bonchev–Trinajstić information content (AvgIpc) is 3.35. The zero-order chi connectivity index (χ0) is 16.4. The van der Waals surface area contributed by atoms with Crippen molar-refractivity contribution in [2.24, 2.45) is 0 Å². The number of amides is 1. The van der Waals surface area contributed by atoms with E-state index < -0.39 is 0 Å². The number of rotatable bonds is 4. The van der Waals surface area contributed by atoms with Crippen LogP contribution in [0.15, 0.2) is 47.8 Å². The molecule has 0 bridgehead atoms. The largest absolute Gasteiger partial charge is 0.370 e. The molecule has 1 aliphatic rings. The van der Waals surface area contributed by atoms with Gasteiger partial charge in [0.2, 0.25) is 0 Å². The number of carbonyl (C=O) groups excluding carboxylic acids is 1. The van der Waals surface area contributed by atoms with E-state index in [9.17, 15) is 4.79 Å². The standard InChI is InChI=1S/C18H18N4OS/c23-18(15-12-14(20-21-15)17-8-5-11-24-17)19-13-6-1-2-7-16(13)22-9-3-4-10-22/h1-2,5-8,11-12H,3-4,9-10H2,(H,19,23)(H,20,21). The Morgan fingerprint density at radius 1 is 1.17 bits per heavy atom. The summed E-state index contributed by atoms with van der Waals surface area (Å²) in [4.78, 5) is 15.9. The van der Waals surface area contributed by atoms with Crippen molar-refractivity contribution < 1.29 is 4.79 Å². The molecule has 1 fully saturated rings. The first-order valence-corrected chi connectivity index (χ1v) is 8.94. The van der Waals surface area contributed by atoms with E-state index in [4.69, 9.17) is 0 Å². The maximum Gasteiger partial charge on any atom is 0.276 e. The number of anilines is 2. The van der Waals surface area contributed by atoms with Crippen molar-refractivity contribution in [2.45, 2.75) is 12.8 Å². The molecule has 0 aliphatic carbocycles. The number of nitrogens with one attached hydrogen (secondary N) is 2. The summed E-state index contributed by atoms with van der Waals surface area (Å²) >= 11 is 1.61. The summed E-state index contributed by atoms with van der Waals surface area (Å²) in [6, 6.07) is 13.7. The van der Waals surface area contributed by atoms with Crippen LogP contribution in [0.1, 0.15) is 23.3 Å². The minimum absolute atomic E-state index is 0.194. The third-order valence-electron chi connectivity index (χ3n) is 4.20. The molecule has 1 aliphatic heterocycles. The molecule has 2 aromatic heterocycles. The van der Waals surface area contributed by atoms with Gasteiger partial charge >= 0.3 is 0 Å². The lowest BCUT2D eigenvalue weighted by molar-refractivity contribution is 0.102. The molecule has 122 valence electrons. The molecule has 1 amide bonds. The lowest BCUT2D eigenvalue weighted by Gasteiger charge is -2.21. The summed E-state index contributed by atoms with van der Waals surface area (Å²) in [7, 11) is 0. The quantitative estimate of drug-likeness (QED) is 0.756. The molecule has 4 rings (SSSR count). The molecule has 0 atom stereocenters. The summed E-state index contributed by atoms with van der Waals surface area (Å²) < 4.78 is 0. The number of nitrogens with zero attached hydrogens (tertiary/aromatic N) is 2. The van der Waals surface area contributed by atoms with Gasteiger partial charge in [0.25, 0.3) is 5.91 Å². The summed E-state index contributed by atoms with van der Waals surface area (Å²) in [6.07, 6.45) is 2.40. The predicted octanol–water partition coefficient (Wildman–Crippen LogP) is 3.99. The van der Waals surface area contributed by atoms with Gasteiger partial charge in [-0.3, -0.25) is 9.89 Å². The van der Waals surface area contributed by atoms with Gasteiger partial charge in [0, 0.05) is 13.1 Å². The van der Waals surface area contributed by atoms with Crippen molar-refractivity contribution in [2.75, 3.05) is 23.3 Å². The maximum absolute atomic E-state index is 12.6. The van der Waals surface area contributed by atoms with Crippen molar-refractivity contribution in [3.63, 3.8) is 0 Å². The fourth-order valence-electron chi connectivity index (χ4n) is 3.00. The number of carbonyl (C=O) groups is 1. The van der Waals surface area contributed by atoms with Crippen LogP contribution >= 0.6 is 11.3 Å². The molecule has 3 aromatic rings. The fraction of sp³-hybridized carbons (Fsp3) is 0.222. The van der Waals surface area contributed by atoms with Crippen molar-refractivity contribution in [3.05, 3.63) is 53.5 Å². The van der Waals surface area contributed by atoms with Gasteiger partial charge in [-0.15, -0.1) is 11.3 Å². The molecule has 3 heterocycles. The van der Waals surface area contributed by atoms with Gasteiger partial charge in [0.15, 0.2) is 5.69 Å². The Morgan fingerprint density at radius 2 is 2.00 bits per heavy atom. The van der Waals surface area contributed by atoms with E-state index in [1.54, 1.807) is 17.4 Å². The summed E-state index contributed by atoms with van der Waals surface area (Å²) in [6.45, 7) is 2.08. The van der Waals surface area contributed by atoms with Crippen LogP contribution in [0.5, 0.6) is 0 Å². The van der Waals surface area contributed by atoms with Gasteiger partial charge in [-0.25, -0.2) is 0 Å². The predicted molar refractivity (Wildman–Crippen MR) is 97.7 cm³/mol. The maximum atomic E-state index is 12.6. The molecule has 1 aromatic carbocycles. The van der Waals surface area contributed by atoms with Gasteiger partial charge in [-0.1, -0.05) is 18.2 Å². The fourth-order valence-corrected chi connectivity index (χ4v) is 3.69. The highest BCUT2D eigenvalue weighted by Gasteiger charge is 2.18. The smallest absolute Gasteiger partial charge is 0.276 e. The first kappa shape index (κ1) is 15.0. The van der Waals surface area contributed by atoms with Crippen LogP contribution < -0.4 is 10.2 Å². The highest BCUT2D eigenvalue weighted by molar-refractivity contribution is 7.13. The van der Waals surface area contributed by atoms with Crippen LogP contribution in [-0.4, -0.2) is 29.2 Å². The highest BCUT2D eigenvalue weighted by Crippen LogP contribution is 2.29. The monoisotopic (exact) mass is 338 g/mol. The van der Waals surface area contributed by atoms with Crippen LogP contribution in [0, 0.1) is 0 Å². The van der Waals surface area contributed by atoms with Gasteiger partial charge in [0.1, 0.15) is 0 Å². The van der Waals surface area contributed by atoms with E-state index in [2.05, 4.69) is 26.5 Å². The van der Waals surface area contributed by atoms with E-state index in [0.717, 1.165) is 35.0 Å². The van der Waals surface area contributed by atoms with Gasteiger partial charge in [0.05, 0.1) is 21.9 Å². The second-order valence-electron chi connectivity index (χ2n) is 5.81. The first-order chi connectivity index (χ1) is 11.8. The number of hydrogen-bond donors (Lipinski definition) is 2. The molecule has 1 saturated heterocycles. The van der Waals surface area contributed by atoms with Crippen LogP contribution in [0.4, 0.5) is 11.4 Å². The number of aromatic nitrogens is 2. The summed E-state index contributed by atoms with van der Waals surface area (Å²) in [5.41, 5.74) is 3.18. The van der Waals surface area contributed by atoms with Gasteiger partial charge in [-0.2, -0.15) is 5.10 Å². The molecule has 5 nitrogen and oxygen atoms in total. The number of benzene rings is 1. The van der Waals surface area contributed by atoms with Crippen LogP contribution in [0.3, 0.4) is 0 Å². The zero-order valence-corrected chi connectivity index (χ0v) is 14.0. The Hall–Kier alpha value is -2.60. The molecular formula is C18H18N4OS. The van der Waals surface area contributed by atoms with Gasteiger partial charge < -0.3 is 10.2 Å². The lowest BCUT2D eigenvalue weighted by atomic mass is 10.2. The Morgan fingerprint density at radius 3 is 2.79 bits per heavy atom. The Bertz CT molecular complexity index is 834. The van der Waals surface area contributed by atoms with Crippen molar-refractivity contribution in [3.8, 4) is 10.6 Å². The van der Waals surface area contributed by atoms with Crippen molar-refractivity contribution in [1.29, 1.82) is 0 Å². The summed E-state index contributed by atoms with van der Waals surface area (Å²) in [5.74, 6) is -0.194. The van der Waals surface area contributed by atoms with Crippen LogP contribution in [0.2, 0.25) is 0 Å². The van der Waals surface area contributed by atoms with E-state index >= 15 is 0 Å². The molecule has 0 radical (unpaired) electrons. The molecule has 0 spiro atoms. The Balaban J connectivity index is 1.54. The molecule has 0 saturated carbocycles. The number of H-pyrrole nitrogens is 1. The second-order valence-corrected chi connectivity index (χ2v) is 6.76. The van der Waals surface area contributed by atoms with E-state index in [-0.39, 0.29) is 5.91 Å².